The number of esters is 2. The zero-order valence-electron chi connectivity index (χ0n) is 16.5. The lowest BCUT2D eigenvalue weighted by Gasteiger charge is -2.20. The van der Waals surface area contributed by atoms with E-state index in [1.165, 1.54) is 11.3 Å². The maximum Gasteiger partial charge on any atom is 0.324 e. The number of para-hydroxylation sites is 1. The molecule has 2 aromatic rings. The van der Waals surface area contributed by atoms with E-state index in [0.717, 1.165) is 12.1 Å². The molecule has 2 fully saturated rings. The van der Waals surface area contributed by atoms with Gasteiger partial charge in [0, 0.05) is 30.5 Å². The van der Waals surface area contributed by atoms with Crippen LogP contribution in [0.25, 0.3) is 0 Å². The third kappa shape index (κ3) is 3.74. The van der Waals surface area contributed by atoms with Crippen molar-refractivity contribution in [1.29, 1.82) is 0 Å². The van der Waals surface area contributed by atoms with Gasteiger partial charge >= 0.3 is 11.9 Å². The molecular weight excluding hydrogens is 392 g/mol. The van der Waals surface area contributed by atoms with Gasteiger partial charge in [0.25, 0.3) is 0 Å². The summed E-state index contributed by atoms with van der Waals surface area (Å²) in [6.07, 6.45) is 0.962. The zero-order valence-corrected chi connectivity index (χ0v) is 17.3. The Morgan fingerprint density at radius 2 is 2.07 bits per heavy atom. The Morgan fingerprint density at radius 3 is 2.83 bits per heavy atom. The number of hydrogen-bond acceptors (Lipinski definition) is 8. The number of aromatic nitrogens is 1. The first-order valence-corrected chi connectivity index (χ1v) is 10.6. The van der Waals surface area contributed by atoms with Gasteiger partial charge in [0.1, 0.15) is 6.10 Å². The number of hydrogen-bond donors (Lipinski definition) is 1. The number of anilines is 2. The fraction of sp³-hybridized carbons (Fsp3) is 0.476. The number of ether oxygens (including phenoxy) is 3. The lowest BCUT2D eigenvalue weighted by Crippen LogP contribution is -2.32. The Kier molecular flexibility index (Phi) is 5.31. The molecule has 3 heterocycles. The van der Waals surface area contributed by atoms with Crippen molar-refractivity contribution in [3.05, 3.63) is 41.4 Å². The van der Waals surface area contributed by atoms with Crippen molar-refractivity contribution in [3.8, 4) is 0 Å². The largest absolute Gasteiger partial charge is 0.459 e. The Hall–Kier alpha value is -2.45. The minimum atomic E-state index is -1.27. The number of rotatable bonds is 7. The summed E-state index contributed by atoms with van der Waals surface area (Å²) in [5.74, 6) is -1.05. The van der Waals surface area contributed by atoms with Crippen molar-refractivity contribution in [2.45, 2.75) is 44.8 Å². The lowest BCUT2D eigenvalue weighted by molar-refractivity contribution is -0.160. The lowest BCUT2D eigenvalue weighted by atomic mass is 9.78. The quantitative estimate of drug-likeness (QED) is 0.418. The summed E-state index contributed by atoms with van der Waals surface area (Å²) in [6, 6.07) is 9.71. The summed E-state index contributed by atoms with van der Waals surface area (Å²) in [6.45, 7) is 4.71. The van der Waals surface area contributed by atoms with Gasteiger partial charge in [-0.2, -0.15) is 0 Å². The van der Waals surface area contributed by atoms with Crippen LogP contribution in [0, 0.1) is 5.41 Å². The predicted molar refractivity (Wildman–Crippen MR) is 108 cm³/mol. The molecule has 0 radical (unpaired) electrons. The Labute approximate surface area is 173 Å². The van der Waals surface area contributed by atoms with Crippen molar-refractivity contribution < 1.29 is 23.8 Å². The summed E-state index contributed by atoms with van der Waals surface area (Å²) in [5, 5.41) is 5.80. The molecule has 154 valence electrons. The zero-order chi connectivity index (χ0) is 20.5. The normalized spacial score (nSPS) is 28.6. The minimum Gasteiger partial charge on any atom is -0.459 e. The number of thiazole rings is 1. The molecule has 0 aliphatic carbocycles. The van der Waals surface area contributed by atoms with E-state index in [1.807, 2.05) is 42.6 Å². The number of cyclic esters (lactones) is 2. The number of benzene rings is 1. The highest BCUT2D eigenvalue weighted by molar-refractivity contribution is 7.13. The SMILES string of the molecule is CCCOCC1CC2(CC(C)(c3csc(Nc4ccccc4)n3)OC2=O)C(=O)O1. The summed E-state index contributed by atoms with van der Waals surface area (Å²) < 4.78 is 16.7. The highest BCUT2D eigenvalue weighted by Crippen LogP contribution is 2.52. The number of nitrogens with one attached hydrogen (secondary N) is 1. The van der Waals surface area contributed by atoms with Crippen molar-refractivity contribution >= 4 is 34.1 Å². The molecular formula is C21H24N2O5S. The molecule has 7 nitrogen and oxygen atoms in total. The Bertz CT molecular complexity index is 901. The fourth-order valence-electron chi connectivity index (χ4n) is 3.89. The molecule has 0 saturated carbocycles. The summed E-state index contributed by atoms with van der Waals surface area (Å²) in [7, 11) is 0. The average Bonchev–Trinajstić information content (AvgIpc) is 3.35. The first kappa shape index (κ1) is 19.8. The van der Waals surface area contributed by atoms with Crippen molar-refractivity contribution in [3.63, 3.8) is 0 Å². The van der Waals surface area contributed by atoms with Gasteiger partial charge in [-0.15, -0.1) is 11.3 Å². The van der Waals surface area contributed by atoms with Gasteiger partial charge < -0.3 is 19.5 Å². The van der Waals surface area contributed by atoms with E-state index in [-0.39, 0.29) is 12.8 Å². The van der Waals surface area contributed by atoms with Crippen LogP contribution >= 0.6 is 11.3 Å². The molecule has 29 heavy (non-hydrogen) atoms. The summed E-state index contributed by atoms with van der Waals surface area (Å²) in [5.41, 5.74) is -0.689. The smallest absolute Gasteiger partial charge is 0.324 e. The molecule has 2 aliphatic heterocycles. The molecule has 4 rings (SSSR count). The van der Waals surface area contributed by atoms with Crippen LogP contribution in [0.4, 0.5) is 10.8 Å². The summed E-state index contributed by atoms with van der Waals surface area (Å²) in [4.78, 5) is 30.0. The first-order chi connectivity index (χ1) is 13.9. The second kappa shape index (κ2) is 7.76. The van der Waals surface area contributed by atoms with Crippen LogP contribution in [-0.2, 0) is 29.4 Å². The highest BCUT2D eigenvalue weighted by Gasteiger charge is 2.65. The minimum absolute atomic E-state index is 0.219. The fourth-order valence-corrected chi connectivity index (χ4v) is 4.74. The topological polar surface area (TPSA) is 86.8 Å². The Morgan fingerprint density at radius 1 is 1.28 bits per heavy atom. The van der Waals surface area contributed by atoms with E-state index in [0.29, 0.717) is 24.0 Å². The van der Waals surface area contributed by atoms with Crippen LogP contribution < -0.4 is 5.32 Å². The maximum atomic E-state index is 12.8. The third-order valence-corrected chi connectivity index (χ3v) is 6.07. The second-order valence-electron chi connectivity index (χ2n) is 7.71. The van der Waals surface area contributed by atoms with Crippen LogP contribution in [0.5, 0.6) is 0 Å². The van der Waals surface area contributed by atoms with E-state index in [2.05, 4.69) is 10.3 Å². The van der Waals surface area contributed by atoms with Gasteiger partial charge in [-0.25, -0.2) is 4.98 Å². The molecule has 1 aromatic carbocycles. The van der Waals surface area contributed by atoms with Gasteiger partial charge in [0.05, 0.1) is 12.3 Å². The van der Waals surface area contributed by atoms with E-state index < -0.39 is 29.1 Å². The van der Waals surface area contributed by atoms with Crippen LogP contribution in [0.2, 0.25) is 0 Å². The van der Waals surface area contributed by atoms with Gasteiger partial charge in [0.15, 0.2) is 16.1 Å². The monoisotopic (exact) mass is 416 g/mol. The molecule has 3 unspecified atom stereocenters. The van der Waals surface area contributed by atoms with Crippen LogP contribution in [-0.4, -0.2) is 36.2 Å². The van der Waals surface area contributed by atoms with E-state index in [4.69, 9.17) is 14.2 Å². The highest BCUT2D eigenvalue weighted by atomic mass is 32.1. The van der Waals surface area contributed by atoms with E-state index in [1.54, 1.807) is 6.92 Å². The first-order valence-electron chi connectivity index (χ1n) is 9.75. The van der Waals surface area contributed by atoms with Gasteiger partial charge in [0.2, 0.25) is 0 Å². The standard InChI is InChI=1S/C21H24N2O5S/c1-3-9-26-11-15-10-21(17(24)27-15)13-20(2,28-18(21)25)16-12-29-19(23-16)22-14-7-5-4-6-8-14/h4-8,12,15H,3,9-11,13H2,1-2H3,(H,22,23). The number of nitrogens with zero attached hydrogens (tertiary/aromatic N) is 1. The van der Waals surface area contributed by atoms with E-state index in [9.17, 15) is 9.59 Å². The average molecular weight is 416 g/mol. The molecule has 0 bridgehead atoms. The molecule has 1 aromatic heterocycles. The van der Waals surface area contributed by atoms with E-state index >= 15 is 0 Å². The molecule has 8 heteroatoms. The molecule has 1 spiro atoms. The van der Waals surface area contributed by atoms with Gasteiger partial charge in [-0.1, -0.05) is 25.1 Å². The van der Waals surface area contributed by atoms with Crippen LogP contribution in [0.1, 0.15) is 38.8 Å². The summed E-state index contributed by atoms with van der Waals surface area (Å²) >= 11 is 1.43. The molecule has 2 saturated heterocycles. The van der Waals surface area contributed by atoms with Crippen molar-refractivity contribution in [2.75, 3.05) is 18.5 Å². The van der Waals surface area contributed by atoms with Crippen LogP contribution in [0.15, 0.2) is 35.7 Å². The maximum absolute atomic E-state index is 12.8. The third-order valence-electron chi connectivity index (χ3n) is 5.31. The molecule has 1 N–H and O–H groups in total. The van der Waals surface area contributed by atoms with Crippen molar-refractivity contribution in [2.24, 2.45) is 5.41 Å². The Balaban J connectivity index is 1.49. The van der Waals surface area contributed by atoms with Crippen LogP contribution in [0.3, 0.4) is 0 Å². The molecule has 3 atom stereocenters. The number of carbonyl (C=O) groups is 2. The second-order valence-corrected chi connectivity index (χ2v) is 8.57. The van der Waals surface area contributed by atoms with Gasteiger partial charge in [-0.05, 0) is 25.5 Å². The molecule has 0 amide bonds. The number of carbonyl (C=O) groups excluding carboxylic acids is 2. The van der Waals surface area contributed by atoms with Crippen molar-refractivity contribution in [1.82, 2.24) is 4.98 Å². The molecule has 2 aliphatic rings. The predicted octanol–water partition coefficient (Wildman–Crippen LogP) is 3.78. The van der Waals surface area contributed by atoms with Gasteiger partial charge in [-0.3, -0.25) is 9.59 Å².